The number of hydrogen-bond acceptors (Lipinski definition) is 2. The summed E-state index contributed by atoms with van der Waals surface area (Å²) in [7, 11) is 0. The molecule has 2 aliphatic carbocycles. The summed E-state index contributed by atoms with van der Waals surface area (Å²) in [5.74, 6) is 4.91. The minimum Gasteiger partial charge on any atom is -0.330 e. The van der Waals surface area contributed by atoms with E-state index in [4.69, 9.17) is 6.42 Å². The minimum absolute atomic E-state index is 0.0459. The molecule has 0 aromatic heterocycles. The van der Waals surface area contributed by atoms with Gasteiger partial charge in [0.05, 0.1) is 12.6 Å². The normalized spacial score (nSPS) is 34.1. The molecule has 3 atom stereocenters. The molecule has 1 heterocycles. The second-order valence-electron chi connectivity index (χ2n) is 6.11. The van der Waals surface area contributed by atoms with Gasteiger partial charge < -0.3 is 10.2 Å². The van der Waals surface area contributed by atoms with Gasteiger partial charge in [-0.05, 0) is 50.0 Å². The van der Waals surface area contributed by atoms with Crippen molar-refractivity contribution in [2.75, 3.05) is 19.6 Å². The zero-order chi connectivity index (χ0) is 12.5. The van der Waals surface area contributed by atoms with Gasteiger partial charge in [0.25, 0.3) is 0 Å². The van der Waals surface area contributed by atoms with Gasteiger partial charge in [0.2, 0.25) is 5.91 Å². The summed E-state index contributed by atoms with van der Waals surface area (Å²) >= 11 is 0. The molecular formula is C15H22N2O. The van der Waals surface area contributed by atoms with Crippen LogP contribution in [0.1, 0.15) is 32.1 Å². The zero-order valence-corrected chi connectivity index (χ0v) is 10.9. The number of nitrogens with one attached hydrogen (secondary N) is 1. The summed E-state index contributed by atoms with van der Waals surface area (Å²) in [4.78, 5) is 14.5. The van der Waals surface area contributed by atoms with Gasteiger partial charge in [0, 0.05) is 6.54 Å². The molecule has 0 aromatic rings. The molecule has 1 aliphatic heterocycles. The molecule has 0 aromatic carbocycles. The lowest BCUT2D eigenvalue weighted by molar-refractivity contribution is -0.133. The number of amides is 1. The highest BCUT2D eigenvalue weighted by molar-refractivity contribution is 5.83. The number of carbonyl (C=O) groups excluding carboxylic acids is 1. The number of rotatable bonds is 4. The van der Waals surface area contributed by atoms with Crippen molar-refractivity contribution >= 4 is 5.91 Å². The van der Waals surface area contributed by atoms with Crippen LogP contribution in [0.5, 0.6) is 0 Å². The van der Waals surface area contributed by atoms with Crippen LogP contribution in [0.3, 0.4) is 0 Å². The number of nitrogens with zero attached hydrogens (tertiary/aromatic N) is 1. The van der Waals surface area contributed by atoms with E-state index in [-0.39, 0.29) is 11.9 Å². The highest BCUT2D eigenvalue weighted by atomic mass is 16.2. The van der Waals surface area contributed by atoms with Crippen LogP contribution in [0.25, 0.3) is 0 Å². The van der Waals surface area contributed by atoms with E-state index in [1.54, 1.807) is 0 Å². The highest BCUT2D eigenvalue weighted by Crippen LogP contribution is 2.38. The smallest absolute Gasteiger partial charge is 0.240 e. The third-order valence-corrected chi connectivity index (χ3v) is 4.78. The van der Waals surface area contributed by atoms with Crippen LogP contribution in [-0.2, 0) is 4.79 Å². The molecule has 3 fully saturated rings. The Balaban J connectivity index is 1.65. The molecule has 1 amide bonds. The van der Waals surface area contributed by atoms with Gasteiger partial charge in [-0.3, -0.25) is 4.79 Å². The molecule has 3 aliphatic rings. The maximum absolute atomic E-state index is 12.6. The minimum atomic E-state index is 0.0459. The molecule has 18 heavy (non-hydrogen) atoms. The first-order valence-electron chi connectivity index (χ1n) is 7.25. The predicted molar refractivity (Wildman–Crippen MR) is 70.8 cm³/mol. The Labute approximate surface area is 109 Å². The molecule has 1 N–H and O–H groups in total. The van der Waals surface area contributed by atoms with Gasteiger partial charge in [-0.1, -0.05) is 12.3 Å². The van der Waals surface area contributed by atoms with Crippen molar-refractivity contribution in [3.63, 3.8) is 0 Å². The summed E-state index contributed by atoms with van der Waals surface area (Å²) in [6, 6.07) is 0.0459. The summed E-state index contributed by atoms with van der Waals surface area (Å²) in [6.07, 6.45) is 11.7. The van der Waals surface area contributed by atoms with Crippen molar-refractivity contribution in [1.82, 2.24) is 10.2 Å². The van der Waals surface area contributed by atoms with Gasteiger partial charge in [-0.2, -0.15) is 0 Å². The van der Waals surface area contributed by atoms with Gasteiger partial charge in [0.15, 0.2) is 0 Å². The molecule has 0 bridgehead atoms. The van der Waals surface area contributed by atoms with Crippen molar-refractivity contribution in [2.45, 2.75) is 38.1 Å². The average Bonchev–Trinajstić information content (AvgIpc) is 2.90. The maximum atomic E-state index is 12.6. The van der Waals surface area contributed by atoms with E-state index in [9.17, 15) is 4.79 Å². The van der Waals surface area contributed by atoms with E-state index in [0.717, 1.165) is 19.0 Å². The first-order chi connectivity index (χ1) is 8.79. The van der Waals surface area contributed by atoms with Crippen LogP contribution in [0.4, 0.5) is 0 Å². The number of hydrogen-bond donors (Lipinski definition) is 1. The van der Waals surface area contributed by atoms with Crippen molar-refractivity contribution < 1.29 is 4.79 Å². The fourth-order valence-corrected chi connectivity index (χ4v) is 3.61. The van der Waals surface area contributed by atoms with Gasteiger partial charge in [0.1, 0.15) is 0 Å². The third kappa shape index (κ3) is 2.27. The molecule has 3 unspecified atom stereocenters. The Kier molecular flexibility index (Phi) is 3.30. The molecule has 3 rings (SSSR count). The number of carbonyl (C=O) groups is 1. The van der Waals surface area contributed by atoms with E-state index < -0.39 is 0 Å². The highest BCUT2D eigenvalue weighted by Gasteiger charge is 2.44. The van der Waals surface area contributed by atoms with Crippen molar-refractivity contribution in [3.05, 3.63) is 0 Å². The summed E-state index contributed by atoms with van der Waals surface area (Å²) in [5.41, 5.74) is 0. The third-order valence-electron chi connectivity index (χ3n) is 4.78. The fraction of sp³-hybridized carbons (Fsp3) is 0.800. The van der Waals surface area contributed by atoms with E-state index >= 15 is 0 Å². The van der Waals surface area contributed by atoms with Crippen LogP contribution in [0.15, 0.2) is 0 Å². The van der Waals surface area contributed by atoms with Crippen LogP contribution < -0.4 is 5.32 Å². The Bertz CT molecular complexity index is 369. The van der Waals surface area contributed by atoms with Crippen LogP contribution in [-0.4, -0.2) is 36.5 Å². The Hall–Kier alpha value is -1.01. The van der Waals surface area contributed by atoms with E-state index in [1.165, 1.54) is 32.1 Å². The molecule has 0 radical (unpaired) electrons. The largest absolute Gasteiger partial charge is 0.330 e. The first-order valence-corrected chi connectivity index (χ1v) is 7.25. The maximum Gasteiger partial charge on any atom is 0.240 e. The lowest BCUT2D eigenvalue weighted by atomic mass is 9.93. The van der Waals surface area contributed by atoms with Gasteiger partial charge >= 0.3 is 0 Å². The Morgan fingerprint density at radius 2 is 2.17 bits per heavy atom. The zero-order valence-electron chi connectivity index (χ0n) is 10.9. The van der Waals surface area contributed by atoms with Crippen molar-refractivity contribution in [2.24, 2.45) is 17.8 Å². The molecule has 1 saturated heterocycles. The van der Waals surface area contributed by atoms with Crippen molar-refractivity contribution in [3.8, 4) is 12.3 Å². The van der Waals surface area contributed by atoms with Crippen LogP contribution in [0, 0.1) is 30.1 Å². The summed E-state index contributed by atoms with van der Waals surface area (Å²) in [6.45, 7) is 2.37. The number of terminal acetylenes is 1. The number of fused-ring (bicyclic) bond motifs is 1. The summed E-state index contributed by atoms with van der Waals surface area (Å²) < 4.78 is 0. The Morgan fingerprint density at radius 1 is 1.33 bits per heavy atom. The van der Waals surface area contributed by atoms with Gasteiger partial charge in [-0.25, -0.2) is 0 Å². The van der Waals surface area contributed by atoms with Crippen molar-refractivity contribution in [1.29, 1.82) is 0 Å². The predicted octanol–water partition coefficient (Wildman–Crippen LogP) is 1.25. The molecular weight excluding hydrogens is 224 g/mol. The lowest BCUT2D eigenvalue weighted by Crippen LogP contribution is -2.47. The topological polar surface area (TPSA) is 32.3 Å². The van der Waals surface area contributed by atoms with E-state index in [2.05, 4.69) is 11.2 Å². The van der Waals surface area contributed by atoms with Gasteiger partial charge in [-0.15, -0.1) is 6.42 Å². The second-order valence-corrected chi connectivity index (χ2v) is 6.11. The second kappa shape index (κ2) is 4.93. The average molecular weight is 246 g/mol. The standard InChI is InChI=1S/C15H22N2O/c1-2-8-17(10-11-6-7-11)15(18)14-13-5-3-4-12(13)9-16-14/h1,11-14,16H,3-10H2. The quantitative estimate of drug-likeness (QED) is 0.757. The summed E-state index contributed by atoms with van der Waals surface area (Å²) in [5, 5.41) is 3.43. The molecule has 3 nitrogen and oxygen atoms in total. The van der Waals surface area contributed by atoms with Crippen LogP contribution >= 0.6 is 0 Å². The molecule has 2 saturated carbocycles. The SMILES string of the molecule is C#CCN(CC1CC1)C(=O)C1NCC2CCCC21. The molecule has 98 valence electrons. The first kappa shape index (κ1) is 12.0. The van der Waals surface area contributed by atoms with E-state index in [0.29, 0.717) is 18.4 Å². The Morgan fingerprint density at radius 3 is 2.89 bits per heavy atom. The monoisotopic (exact) mass is 246 g/mol. The fourth-order valence-electron chi connectivity index (χ4n) is 3.61. The van der Waals surface area contributed by atoms with Crippen LogP contribution in [0.2, 0.25) is 0 Å². The molecule has 0 spiro atoms. The van der Waals surface area contributed by atoms with E-state index in [1.807, 2.05) is 4.90 Å². The molecule has 3 heteroatoms. The lowest BCUT2D eigenvalue weighted by Gasteiger charge is -2.26.